The predicted molar refractivity (Wildman–Crippen MR) is 74.6 cm³/mol. The van der Waals surface area contributed by atoms with E-state index >= 15 is 0 Å². The van der Waals surface area contributed by atoms with E-state index in [9.17, 15) is 5.11 Å². The third-order valence-electron chi connectivity index (χ3n) is 3.85. The smallest absolute Gasteiger partial charge is 0.132 e. The first-order chi connectivity index (χ1) is 9.55. The standard InChI is InChI=1S/C15H22O5/c1-15(6-5-7-20-15)14(16)13-11(18-3)8-10(17-2)9-12(13)19-4/h8-9,14,16H,5-7H2,1-4H3. The molecule has 1 aliphatic rings. The summed E-state index contributed by atoms with van der Waals surface area (Å²) in [5.41, 5.74) is -0.0185. The van der Waals surface area contributed by atoms with Crippen molar-refractivity contribution in [3.05, 3.63) is 17.7 Å². The average Bonchev–Trinajstić information content (AvgIpc) is 2.92. The molecule has 1 N–H and O–H groups in total. The molecular formula is C15H22O5. The lowest BCUT2D eigenvalue weighted by molar-refractivity contribution is -0.0810. The van der Waals surface area contributed by atoms with E-state index in [4.69, 9.17) is 18.9 Å². The van der Waals surface area contributed by atoms with Crippen molar-refractivity contribution >= 4 is 0 Å². The second kappa shape index (κ2) is 5.89. The number of aliphatic hydroxyl groups is 1. The fourth-order valence-corrected chi connectivity index (χ4v) is 2.62. The zero-order valence-corrected chi connectivity index (χ0v) is 12.4. The monoisotopic (exact) mass is 282 g/mol. The van der Waals surface area contributed by atoms with E-state index in [2.05, 4.69) is 0 Å². The van der Waals surface area contributed by atoms with Crippen LogP contribution >= 0.6 is 0 Å². The molecule has 0 saturated carbocycles. The highest BCUT2D eigenvalue weighted by Gasteiger charge is 2.41. The van der Waals surface area contributed by atoms with Crippen LogP contribution in [0.4, 0.5) is 0 Å². The lowest BCUT2D eigenvalue weighted by Crippen LogP contribution is -2.32. The number of hydrogen-bond acceptors (Lipinski definition) is 5. The van der Waals surface area contributed by atoms with Gasteiger partial charge in [-0.25, -0.2) is 0 Å². The minimum absolute atomic E-state index is 0.533. The molecule has 1 aliphatic heterocycles. The summed E-state index contributed by atoms with van der Waals surface area (Å²) in [6.45, 7) is 2.57. The average molecular weight is 282 g/mol. The largest absolute Gasteiger partial charge is 0.496 e. The molecule has 1 aromatic rings. The first-order valence-electron chi connectivity index (χ1n) is 6.67. The maximum Gasteiger partial charge on any atom is 0.132 e. The van der Waals surface area contributed by atoms with Gasteiger partial charge in [-0.15, -0.1) is 0 Å². The highest BCUT2D eigenvalue weighted by Crippen LogP contribution is 2.45. The summed E-state index contributed by atoms with van der Waals surface area (Å²) < 4.78 is 21.7. The lowest BCUT2D eigenvalue weighted by Gasteiger charge is -2.31. The maximum absolute atomic E-state index is 10.7. The molecule has 0 bridgehead atoms. The van der Waals surface area contributed by atoms with Gasteiger partial charge in [-0.1, -0.05) is 0 Å². The van der Waals surface area contributed by atoms with Gasteiger partial charge in [0.2, 0.25) is 0 Å². The van der Waals surface area contributed by atoms with Crippen molar-refractivity contribution in [3.8, 4) is 17.2 Å². The van der Waals surface area contributed by atoms with Crippen LogP contribution in [0.25, 0.3) is 0 Å². The first-order valence-corrected chi connectivity index (χ1v) is 6.67. The van der Waals surface area contributed by atoms with Crippen LogP contribution in [-0.4, -0.2) is 38.6 Å². The molecule has 2 rings (SSSR count). The van der Waals surface area contributed by atoms with Crippen molar-refractivity contribution < 1.29 is 24.1 Å². The Balaban J connectivity index is 2.48. The van der Waals surface area contributed by atoms with Gasteiger partial charge in [0, 0.05) is 18.7 Å². The topological polar surface area (TPSA) is 57.2 Å². The Labute approximate surface area is 119 Å². The van der Waals surface area contributed by atoms with Gasteiger partial charge < -0.3 is 24.1 Å². The van der Waals surface area contributed by atoms with E-state index in [0.717, 1.165) is 12.8 Å². The molecule has 0 amide bonds. The van der Waals surface area contributed by atoms with Crippen LogP contribution in [0.2, 0.25) is 0 Å². The van der Waals surface area contributed by atoms with Crippen LogP contribution in [0.3, 0.4) is 0 Å². The Kier molecular flexibility index (Phi) is 4.40. The molecule has 112 valence electrons. The van der Waals surface area contributed by atoms with Gasteiger partial charge in [-0.3, -0.25) is 0 Å². The molecule has 5 nitrogen and oxygen atoms in total. The van der Waals surface area contributed by atoms with Crippen molar-refractivity contribution in [2.75, 3.05) is 27.9 Å². The van der Waals surface area contributed by atoms with Crippen LogP contribution in [0.15, 0.2) is 12.1 Å². The van der Waals surface area contributed by atoms with Crippen molar-refractivity contribution in [3.63, 3.8) is 0 Å². The van der Waals surface area contributed by atoms with Crippen LogP contribution in [-0.2, 0) is 4.74 Å². The van der Waals surface area contributed by atoms with Gasteiger partial charge in [-0.2, -0.15) is 0 Å². The summed E-state index contributed by atoms with van der Waals surface area (Å²) in [6, 6.07) is 3.47. The van der Waals surface area contributed by atoms with Crippen LogP contribution in [0.1, 0.15) is 31.4 Å². The van der Waals surface area contributed by atoms with Gasteiger partial charge in [-0.05, 0) is 19.8 Å². The molecule has 1 aromatic carbocycles. The fourth-order valence-electron chi connectivity index (χ4n) is 2.62. The predicted octanol–water partition coefficient (Wildman–Crippen LogP) is 2.31. The molecule has 2 atom stereocenters. The third-order valence-corrected chi connectivity index (χ3v) is 3.85. The van der Waals surface area contributed by atoms with E-state index in [0.29, 0.717) is 29.4 Å². The van der Waals surface area contributed by atoms with E-state index in [1.54, 1.807) is 33.5 Å². The summed E-state index contributed by atoms with van der Waals surface area (Å²) in [5, 5.41) is 10.7. The molecule has 0 aliphatic carbocycles. The summed E-state index contributed by atoms with van der Waals surface area (Å²) >= 11 is 0. The molecule has 20 heavy (non-hydrogen) atoms. The molecule has 0 spiro atoms. The van der Waals surface area contributed by atoms with Crippen LogP contribution in [0, 0.1) is 0 Å². The minimum Gasteiger partial charge on any atom is -0.496 e. The summed E-state index contributed by atoms with van der Waals surface area (Å²) in [4.78, 5) is 0. The normalized spacial score (nSPS) is 23.4. The molecule has 1 heterocycles. The zero-order chi connectivity index (χ0) is 14.8. The van der Waals surface area contributed by atoms with Gasteiger partial charge >= 0.3 is 0 Å². The van der Waals surface area contributed by atoms with E-state index in [1.807, 2.05) is 6.92 Å². The second-order valence-corrected chi connectivity index (χ2v) is 5.11. The quantitative estimate of drug-likeness (QED) is 0.898. The van der Waals surface area contributed by atoms with Crippen molar-refractivity contribution in [2.24, 2.45) is 0 Å². The Bertz CT molecular complexity index is 440. The molecule has 1 fully saturated rings. The Morgan fingerprint density at radius 1 is 1.15 bits per heavy atom. The SMILES string of the molecule is COc1cc(OC)c(C(O)C2(C)CCCO2)c(OC)c1. The van der Waals surface area contributed by atoms with Crippen LogP contribution in [0.5, 0.6) is 17.2 Å². The van der Waals surface area contributed by atoms with Crippen LogP contribution < -0.4 is 14.2 Å². The minimum atomic E-state index is -0.819. The third kappa shape index (κ3) is 2.55. The highest BCUT2D eigenvalue weighted by atomic mass is 16.5. The number of benzene rings is 1. The van der Waals surface area contributed by atoms with E-state index < -0.39 is 11.7 Å². The number of methoxy groups -OCH3 is 3. The zero-order valence-electron chi connectivity index (χ0n) is 12.4. The number of ether oxygens (including phenoxy) is 4. The molecule has 1 saturated heterocycles. The fraction of sp³-hybridized carbons (Fsp3) is 0.600. The maximum atomic E-state index is 10.7. The van der Waals surface area contributed by atoms with Crippen molar-refractivity contribution in [2.45, 2.75) is 31.5 Å². The van der Waals surface area contributed by atoms with Gasteiger partial charge in [0.05, 0.1) is 32.5 Å². The van der Waals surface area contributed by atoms with Gasteiger partial charge in [0.25, 0.3) is 0 Å². The van der Waals surface area contributed by atoms with E-state index in [1.165, 1.54) is 0 Å². The first kappa shape index (κ1) is 14.9. The molecule has 0 aromatic heterocycles. The lowest BCUT2D eigenvalue weighted by atomic mass is 9.89. The Morgan fingerprint density at radius 3 is 2.15 bits per heavy atom. The second-order valence-electron chi connectivity index (χ2n) is 5.11. The molecule has 2 unspecified atom stereocenters. The Morgan fingerprint density at radius 2 is 1.75 bits per heavy atom. The highest BCUT2D eigenvalue weighted by molar-refractivity contribution is 5.52. The van der Waals surface area contributed by atoms with E-state index in [-0.39, 0.29) is 0 Å². The molecule has 5 heteroatoms. The molecular weight excluding hydrogens is 260 g/mol. The number of rotatable bonds is 5. The summed E-state index contributed by atoms with van der Waals surface area (Å²) in [5.74, 6) is 1.68. The molecule has 0 radical (unpaired) electrons. The Hall–Kier alpha value is -1.46. The summed E-state index contributed by atoms with van der Waals surface area (Å²) in [7, 11) is 4.69. The van der Waals surface area contributed by atoms with Gasteiger partial charge in [0.1, 0.15) is 23.4 Å². The van der Waals surface area contributed by atoms with Crippen molar-refractivity contribution in [1.82, 2.24) is 0 Å². The van der Waals surface area contributed by atoms with Crippen molar-refractivity contribution in [1.29, 1.82) is 0 Å². The van der Waals surface area contributed by atoms with Gasteiger partial charge in [0.15, 0.2) is 0 Å². The number of hydrogen-bond donors (Lipinski definition) is 1. The summed E-state index contributed by atoms with van der Waals surface area (Å²) in [6.07, 6.45) is 0.918. The number of aliphatic hydroxyl groups excluding tert-OH is 1.